The van der Waals surface area contributed by atoms with Gasteiger partial charge < -0.3 is 49.6 Å². The molecule has 7 rings (SSSR count). The van der Waals surface area contributed by atoms with E-state index in [2.05, 4.69) is 10.6 Å². The lowest BCUT2D eigenvalue weighted by Crippen LogP contribution is -2.71. The topological polar surface area (TPSA) is 212 Å². The number of fused-ring (bicyclic) bond motifs is 5. The monoisotopic (exact) mass is 807 g/mol. The Bertz CT molecular complexity index is 1870. The predicted molar refractivity (Wildman–Crippen MR) is 204 cm³/mol. The Morgan fingerprint density at radius 1 is 1.03 bits per heavy atom. The molecule has 3 heterocycles. The van der Waals surface area contributed by atoms with E-state index in [0.29, 0.717) is 12.8 Å². The number of hydrogen-bond donors (Lipinski definition) is 5. The fourth-order valence-electron chi connectivity index (χ4n) is 8.85. The summed E-state index contributed by atoms with van der Waals surface area (Å²) in [5.41, 5.74) is 1.27. The first kappa shape index (κ1) is 41.7. The summed E-state index contributed by atoms with van der Waals surface area (Å²) in [6.45, 7) is 6.09. The van der Waals surface area contributed by atoms with E-state index in [1.54, 1.807) is 26.8 Å². The first-order chi connectivity index (χ1) is 27.6. The molecular weight excluding hydrogens is 754 g/mol. The number of esters is 2. The van der Waals surface area contributed by atoms with Crippen LogP contribution >= 0.6 is 0 Å². The average molecular weight is 808 g/mol. The summed E-state index contributed by atoms with van der Waals surface area (Å²) in [6.07, 6.45) is -0.956. The second-order valence-electron chi connectivity index (χ2n) is 16.8. The summed E-state index contributed by atoms with van der Waals surface area (Å²) in [7, 11) is 0. The molecule has 1 saturated carbocycles. The second kappa shape index (κ2) is 16.7. The number of aliphatic hydroxyl groups is 3. The standard InChI is InChI=1S/C42H53N3O13/c1-24(48)32(37(50)43-29(23-47)12-13-31(49)55-40(2,3)4)44-39(52)42-21-30-33-34(57-41(56-33)19-27-10-5-6-11-28(27)20-41)36(42)58-45(35(42)38(51)54-30)22-26-9-7-8-25(18-26)14-16-53-17-15-46/h5-11,14,16,18,24,29-30,32-36,46-48H,12-13,15,17,19-23H2,1-4H3,(H,43,50)(H,44,52). The van der Waals surface area contributed by atoms with Crippen LogP contribution in [0.15, 0.2) is 54.8 Å². The number of rotatable bonds is 15. The highest BCUT2D eigenvalue weighted by molar-refractivity contribution is 5.96. The van der Waals surface area contributed by atoms with Crippen molar-refractivity contribution in [2.45, 2.75) is 126 Å². The van der Waals surface area contributed by atoms with E-state index in [1.807, 2.05) is 48.5 Å². The van der Waals surface area contributed by atoms with Crippen LogP contribution in [0.4, 0.5) is 0 Å². The van der Waals surface area contributed by atoms with Gasteiger partial charge in [0.25, 0.3) is 0 Å². The van der Waals surface area contributed by atoms with Crippen molar-refractivity contribution in [3.63, 3.8) is 0 Å². The molecule has 3 saturated heterocycles. The lowest BCUT2D eigenvalue weighted by molar-refractivity contribution is -0.217. The number of nitrogens with zero attached hydrogens (tertiary/aromatic N) is 1. The number of nitrogens with one attached hydrogen (secondary N) is 2. The van der Waals surface area contributed by atoms with Gasteiger partial charge in [0.1, 0.15) is 48.1 Å². The molecule has 2 aromatic carbocycles. The Morgan fingerprint density at radius 2 is 1.76 bits per heavy atom. The SMILES string of the molecule is CC(O)C(NC(=O)C12CC3OC(=O)C1N(Cc1cccc(C=COCCO)c1)OC2C1OC2(Cc4ccccc4C2)OC31)C(=O)NC(CO)CCC(=O)OC(C)(C)C. The van der Waals surface area contributed by atoms with Crippen molar-refractivity contribution in [3.8, 4) is 0 Å². The molecule has 0 radical (unpaired) electrons. The van der Waals surface area contributed by atoms with Gasteiger partial charge in [-0.3, -0.25) is 24.0 Å². The number of aliphatic hydroxyl groups excluding tert-OH is 3. The molecule has 5 aliphatic rings. The van der Waals surface area contributed by atoms with Crippen molar-refractivity contribution < 1.29 is 63.0 Å². The maximum Gasteiger partial charge on any atom is 0.327 e. The Labute approximate surface area is 336 Å². The Morgan fingerprint density at radius 3 is 2.43 bits per heavy atom. The highest BCUT2D eigenvalue weighted by atomic mass is 16.8. The van der Waals surface area contributed by atoms with Crippen LogP contribution < -0.4 is 10.6 Å². The highest BCUT2D eigenvalue weighted by Crippen LogP contribution is 2.58. The maximum absolute atomic E-state index is 15.0. The van der Waals surface area contributed by atoms with E-state index in [1.165, 1.54) is 18.2 Å². The number of amides is 2. The van der Waals surface area contributed by atoms with Gasteiger partial charge in [-0.05, 0) is 62.4 Å². The Kier molecular flexibility index (Phi) is 12.0. The number of carbonyl (C=O) groups is 4. The van der Waals surface area contributed by atoms with E-state index in [9.17, 15) is 29.4 Å². The Hall–Kier alpha value is -4.42. The van der Waals surface area contributed by atoms with Crippen LogP contribution in [-0.2, 0) is 67.1 Å². The number of benzene rings is 2. The van der Waals surface area contributed by atoms with Crippen molar-refractivity contribution in [2.75, 3.05) is 19.8 Å². The molecule has 9 unspecified atom stereocenters. The molecule has 2 aliphatic carbocycles. The zero-order valence-corrected chi connectivity index (χ0v) is 33.1. The van der Waals surface area contributed by atoms with E-state index in [4.69, 9.17) is 33.6 Å². The minimum Gasteiger partial charge on any atom is -0.499 e. The molecule has 1 spiro atoms. The molecule has 9 atom stereocenters. The highest BCUT2D eigenvalue weighted by Gasteiger charge is 2.76. The molecule has 3 aliphatic heterocycles. The third-order valence-corrected chi connectivity index (χ3v) is 11.3. The largest absolute Gasteiger partial charge is 0.499 e. The summed E-state index contributed by atoms with van der Waals surface area (Å²) >= 11 is 0. The van der Waals surface area contributed by atoms with Gasteiger partial charge in [0.05, 0.1) is 38.2 Å². The number of hydrogen-bond acceptors (Lipinski definition) is 14. The Balaban J connectivity index is 1.16. The molecule has 2 amide bonds. The van der Waals surface area contributed by atoms with Crippen LogP contribution in [0.3, 0.4) is 0 Å². The zero-order valence-electron chi connectivity index (χ0n) is 33.1. The van der Waals surface area contributed by atoms with Crippen LogP contribution in [0.2, 0.25) is 0 Å². The molecule has 2 bridgehead atoms. The molecule has 4 fully saturated rings. The lowest BCUT2D eigenvalue weighted by Gasteiger charge is -2.49. The summed E-state index contributed by atoms with van der Waals surface area (Å²) in [5, 5.41) is 36.8. The molecule has 58 heavy (non-hydrogen) atoms. The normalized spacial score (nSPS) is 28.3. The van der Waals surface area contributed by atoms with Gasteiger partial charge in [-0.1, -0.05) is 48.5 Å². The van der Waals surface area contributed by atoms with Gasteiger partial charge in [-0.2, -0.15) is 5.06 Å². The van der Waals surface area contributed by atoms with Gasteiger partial charge in [-0.25, -0.2) is 0 Å². The van der Waals surface area contributed by atoms with Crippen LogP contribution in [0, 0.1) is 5.41 Å². The van der Waals surface area contributed by atoms with Gasteiger partial charge in [0.2, 0.25) is 11.8 Å². The summed E-state index contributed by atoms with van der Waals surface area (Å²) in [4.78, 5) is 62.0. The zero-order chi connectivity index (χ0) is 41.4. The van der Waals surface area contributed by atoms with Gasteiger partial charge in [0.15, 0.2) is 11.8 Å². The summed E-state index contributed by atoms with van der Waals surface area (Å²) in [6, 6.07) is 11.6. The van der Waals surface area contributed by atoms with Crippen LogP contribution in [-0.4, -0.2) is 124 Å². The molecular formula is C42H53N3O13. The van der Waals surface area contributed by atoms with Crippen molar-refractivity contribution in [1.82, 2.24) is 15.7 Å². The fourth-order valence-corrected chi connectivity index (χ4v) is 8.85. The van der Waals surface area contributed by atoms with Crippen LogP contribution in [0.1, 0.15) is 69.2 Å². The molecule has 314 valence electrons. The van der Waals surface area contributed by atoms with Crippen molar-refractivity contribution >= 4 is 29.8 Å². The molecule has 2 aromatic rings. The van der Waals surface area contributed by atoms with E-state index < -0.39 is 95.8 Å². The van der Waals surface area contributed by atoms with Gasteiger partial charge in [-0.15, -0.1) is 0 Å². The van der Waals surface area contributed by atoms with E-state index >= 15 is 0 Å². The number of carbonyl (C=O) groups excluding carboxylic acids is 4. The van der Waals surface area contributed by atoms with Crippen molar-refractivity contribution in [3.05, 3.63) is 77.0 Å². The number of hydroxylamine groups is 2. The quantitative estimate of drug-likeness (QED) is 0.0974. The second-order valence-corrected chi connectivity index (χ2v) is 16.8. The number of ether oxygens (including phenoxy) is 5. The lowest BCUT2D eigenvalue weighted by atomic mass is 9.62. The first-order valence-electron chi connectivity index (χ1n) is 19.8. The smallest absolute Gasteiger partial charge is 0.327 e. The van der Waals surface area contributed by atoms with Crippen LogP contribution in [0.25, 0.3) is 6.08 Å². The molecule has 0 aromatic heterocycles. The molecule has 5 N–H and O–H groups in total. The summed E-state index contributed by atoms with van der Waals surface area (Å²) in [5.74, 6) is -3.82. The third-order valence-electron chi connectivity index (χ3n) is 11.3. The summed E-state index contributed by atoms with van der Waals surface area (Å²) < 4.78 is 30.2. The van der Waals surface area contributed by atoms with Crippen molar-refractivity contribution in [1.29, 1.82) is 0 Å². The van der Waals surface area contributed by atoms with Gasteiger partial charge >= 0.3 is 11.9 Å². The fraction of sp³-hybridized carbons (Fsp3) is 0.571. The third kappa shape index (κ3) is 8.37. The minimum atomic E-state index is -1.66. The molecule has 16 nitrogen and oxygen atoms in total. The van der Waals surface area contributed by atoms with E-state index in [0.717, 1.165) is 22.3 Å². The minimum absolute atomic E-state index is 0.0156. The first-order valence-corrected chi connectivity index (χ1v) is 19.8. The van der Waals surface area contributed by atoms with Crippen molar-refractivity contribution in [2.24, 2.45) is 5.41 Å². The molecule has 16 heteroatoms. The maximum atomic E-state index is 15.0. The predicted octanol–water partition coefficient (Wildman–Crippen LogP) is 1.21. The van der Waals surface area contributed by atoms with E-state index in [-0.39, 0.29) is 39.0 Å². The van der Waals surface area contributed by atoms with Crippen LogP contribution in [0.5, 0.6) is 0 Å². The van der Waals surface area contributed by atoms with Gasteiger partial charge in [0, 0.05) is 25.7 Å². The average Bonchev–Trinajstić information content (AvgIpc) is 3.84.